The number of hydrogen-bond acceptors (Lipinski definition) is 1. The number of rotatable bonds is 5. The minimum absolute atomic E-state index is 0.987. The molecule has 78 valence electrons. The Hall–Kier alpha value is -0.340. The fraction of sp³-hybridized carbons (Fsp3) is 0.500. The first-order valence-corrected chi connectivity index (χ1v) is 6.19. The molecule has 0 spiro atoms. The molecule has 0 aliphatic carbocycles. The zero-order valence-corrected chi connectivity index (χ0v) is 10.5. The summed E-state index contributed by atoms with van der Waals surface area (Å²) in [5.41, 5.74) is 4.13. The summed E-state index contributed by atoms with van der Waals surface area (Å²) in [5.74, 6) is 0. The van der Waals surface area contributed by atoms with Crippen molar-refractivity contribution in [2.45, 2.75) is 26.8 Å². The second-order valence-corrected chi connectivity index (χ2v) is 4.44. The lowest BCUT2D eigenvalue weighted by Gasteiger charge is -2.08. The largest absolute Gasteiger partial charge is 0.313 e. The highest BCUT2D eigenvalue weighted by atomic mass is 79.9. The molecular weight excluding hydrogens is 238 g/mol. The van der Waals surface area contributed by atoms with Crippen LogP contribution in [0.25, 0.3) is 0 Å². The lowest BCUT2D eigenvalue weighted by molar-refractivity contribution is 0.677. The third-order valence-electron chi connectivity index (χ3n) is 2.31. The number of nitrogens with one attached hydrogen (secondary N) is 1. The lowest BCUT2D eigenvalue weighted by atomic mass is 10.1. The first-order valence-electron chi connectivity index (χ1n) is 5.07. The Labute approximate surface area is 95.0 Å². The first-order chi connectivity index (χ1) is 6.74. The van der Waals surface area contributed by atoms with Crippen LogP contribution in [0.2, 0.25) is 0 Å². The second kappa shape index (κ2) is 6.20. The summed E-state index contributed by atoms with van der Waals surface area (Å²) in [6, 6.07) is 6.62. The van der Waals surface area contributed by atoms with Crippen LogP contribution in [0.3, 0.4) is 0 Å². The summed E-state index contributed by atoms with van der Waals surface area (Å²) in [7, 11) is 0. The SMILES string of the molecule is Cc1ccc(C)c(CNCCCBr)c1. The van der Waals surface area contributed by atoms with E-state index < -0.39 is 0 Å². The highest BCUT2D eigenvalue weighted by molar-refractivity contribution is 9.09. The van der Waals surface area contributed by atoms with Crippen LogP contribution in [0, 0.1) is 13.8 Å². The van der Waals surface area contributed by atoms with Crippen molar-refractivity contribution < 1.29 is 0 Å². The fourth-order valence-corrected chi connectivity index (χ4v) is 1.69. The number of aryl methyl sites for hydroxylation is 2. The van der Waals surface area contributed by atoms with Gasteiger partial charge >= 0.3 is 0 Å². The molecule has 0 heterocycles. The molecule has 0 saturated carbocycles. The Morgan fingerprint density at radius 2 is 2.07 bits per heavy atom. The van der Waals surface area contributed by atoms with Crippen molar-refractivity contribution in [3.8, 4) is 0 Å². The Bertz CT molecular complexity index is 284. The van der Waals surface area contributed by atoms with Crippen LogP contribution in [-0.4, -0.2) is 11.9 Å². The maximum Gasteiger partial charge on any atom is 0.0208 e. The minimum atomic E-state index is 0.987. The van der Waals surface area contributed by atoms with Gasteiger partial charge in [0.15, 0.2) is 0 Å². The predicted molar refractivity (Wildman–Crippen MR) is 66.0 cm³/mol. The molecule has 1 aromatic carbocycles. The molecular formula is C12H18BrN. The van der Waals surface area contributed by atoms with Crippen molar-refractivity contribution in [1.82, 2.24) is 5.32 Å². The molecule has 0 radical (unpaired) electrons. The van der Waals surface area contributed by atoms with Gasteiger partial charge in [-0.05, 0) is 37.9 Å². The summed E-state index contributed by atoms with van der Waals surface area (Å²) in [4.78, 5) is 0. The van der Waals surface area contributed by atoms with Gasteiger partial charge in [0.2, 0.25) is 0 Å². The quantitative estimate of drug-likeness (QED) is 0.630. The highest BCUT2D eigenvalue weighted by Crippen LogP contribution is 2.09. The molecule has 1 N–H and O–H groups in total. The molecule has 0 aliphatic heterocycles. The Morgan fingerprint density at radius 1 is 1.29 bits per heavy atom. The van der Waals surface area contributed by atoms with Crippen LogP contribution in [-0.2, 0) is 6.54 Å². The average molecular weight is 256 g/mol. The minimum Gasteiger partial charge on any atom is -0.313 e. The van der Waals surface area contributed by atoms with Crippen molar-refractivity contribution in [1.29, 1.82) is 0 Å². The standard InChI is InChI=1S/C12H18BrN/c1-10-4-5-11(2)12(8-10)9-14-7-3-6-13/h4-5,8,14H,3,6-7,9H2,1-2H3. The molecule has 0 saturated heterocycles. The van der Waals surface area contributed by atoms with E-state index in [0.29, 0.717) is 0 Å². The molecule has 0 aliphatic rings. The van der Waals surface area contributed by atoms with Crippen molar-refractivity contribution in [2.75, 3.05) is 11.9 Å². The van der Waals surface area contributed by atoms with Crippen LogP contribution < -0.4 is 5.32 Å². The number of benzene rings is 1. The molecule has 1 aromatic rings. The van der Waals surface area contributed by atoms with Crippen LogP contribution >= 0.6 is 15.9 Å². The summed E-state index contributed by atoms with van der Waals surface area (Å²) in [5, 5.41) is 4.52. The molecule has 0 unspecified atom stereocenters. The Morgan fingerprint density at radius 3 is 2.79 bits per heavy atom. The second-order valence-electron chi connectivity index (χ2n) is 3.65. The molecule has 0 amide bonds. The van der Waals surface area contributed by atoms with Gasteiger partial charge in [-0.15, -0.1) is 0 Å². The maximum atomic E-state index is 3.44. The van der Waals surface area contributed by atoms with E-state index in [-0.39, 0.29) is 0 Å². The Kier molecular flexibility index (Phi) is 5.20. The molecule has 2 heteroatoms. The zero-order valence-electron chi connectivity index (χ0n) is 8.94. The lowest BCUT2D eigenvalue weighted by Crippen LogP contribution is -2.15. The topological polar surface area (TPSA) is 12.0 Å². The maximum absolute atomic E-state index is 3.44. The number of alkyl halides is 1. The number of halogens is 1. The van der Waals surface area contributed by atoms with Gasteiger partial charge in [-0.3, -0.25) is 0 Å². The first kappa shape index (κ1) is 11.7. The van der Waals surface area contributed by atoms with Crippen LogP contribution in [0.4, 0.5) is 0 Å². The molecule has 14 heavy (non-hydrogen) atoms. The molecule has 0 bridgehead atoms. The van der Waals surface area contributed by atoms with Gasteiger partial charge in [0, 0.05) is 11.9 Å². The number of hydrogen-bond donors (Lipinski definition) is 1. The smallest absolute Gasteiger partial charge is 0.0208 e. The van der Waals surface area contributed by atoms with Gasteiger partial charge in [-0.2, -0.15) is 0 Å². The molecule has 1 nitrogen and oxygen atoms in total. The van der Waals surface area contributed by atoms with E-state index in [1.807, 2.05) is 0 Å². The fourth-order valence-electron chi connectivity index (χ4n) is 1.41. The van der Waals surface area contributed by atoms with Gasteiger partial charge in [-0.1, -0.05) is 39.7 Å². The monoisotopic (exact) mass is 255 g/mol. The van der Waals surface area contributed by atoms with E-state index in [4.69, 9.17) is 0 Å². The van der Waals surface area contributed by atoms with Crippen molar-refractivity contribution >= 4 is 15.9 Å². The predicted octanol–water partition coefficient (Wildman–Crippen LogP) is 3.18. The van der Waals surface area contributed by atoms with E-state index in [1.165, 1.54) is 23.1 Å². The van der Waals surface area contributed by atoms with Crippen molar-refractivity contribution in [3.63, 3.8) is 0 Å². The van der Waals surface area contributed by atoms with Gasteiger partial charge in [0.25, 0.3) is 0 Å². The van der Waals surface area contributed by atoms with Gasteiger partial charge < -0.3 is 5.32 Å². The summed E-state index contributed by atoms with van der Waals surface area (Å²) in [6.45, 7) is 6.38. The van der Waals surface area contributed by atoms with E-state index >= 15 is 0 Å². The van der Waals surface area contributed by atoms with Crippen LogP contribution in [0.15, 0.2) is 18.2 Å². The van der Waals surface area contributed by atoms with Gasteiger partial charge in [-0.25, -0.2) is 0 Å². The third-order valence-corrected chi connectivity index (χ3v) is 2.87. The van der Waals surface area contributed by atoms with Gasteiger partial charge in [0.05, 0.1) is 0 Å². The zero-order chi connectivity index (χ0) is 10.4. The van der Waals surface area contributed by atoms with Crippen molar-refractivity contribution in [3.05, 3.63) is 34.9 Å². The van der Waals surface area contributed by atoms with Crippen LogP contribution in [0.1, 0.15) is 23.1 Å². The Balaban J connectivity index is 2.45. The van der Waals surface area contributed by atoms with Crippen LogP contribution in [0.5, 0.6) is 0 Å². The van der Waals surface area contributed by atoms with E-state index in [0.717, 1.165) is 18.4 Å². The van der Waals surface area contributed by atoms with E-state index in [2.05, 4.69) is 53.3 Å². The molecule has 0 atom stereocenters. The third kappa shape index (κ3) is 3.81. The molecule has 1 rings (SSSR count). The summed E-state index contributed by atoms with van der Waals surface area (Å²) in [6.07, 6.45) is 1.19. The van der Waals surface area contributed by atoms with Gasteiger partial charge in [0.1, 0.15) is 0 Å². The van der Waals surface area contributed by atoms with E-state index in [9.17, 15) is 0 Å². The average Bonchev–Trinajstić information content (AvgIpc) is 2.18. The molecule has 0 aromatic heterocycles. The summed E-state index contributed by atoms with van der Waals surface area (Å²) < 4.78 is 0. The molecule has 0 fully saturated rings. The highest BCUT2D eigenvalue weighted by Gasteiger charge is 1.97. The van der Waals surface area contributed by atoms with Crippen molar-refractivity contribution in [2.24, 2.45) is 0 Å². The normalized spacial score (nSPS) is 10.5. The summed E-state index contributed by atoms with van der Waals surface area (Å²) >= 11 is 3.42. The van der Waals surface area contributed by atoms with E-state index in [1.54, 1.807) is 0 Å².